The molecule has 1 amide bonds. The number of nitrogens with zero attached hydrogens (tertiary/aromatic N) is 2. The number of hydrogen-bond donors (Lipinski definition) is 1. The van der Waals surface area contributed by atoms with Gasteiger partial charge in [-0.05, 0) is 29.5 Å². The Hall–Kier alpha value is -2.32. The Labute approximate surface area is 163 Å². The normalized spacial score (nSPS) is 18.3. The third-order valence-electron chi connectivity index (χ3n) is 4.36. The lowest BCUT2D eigenvalue weighted by Crippen LogP contribution is -2.14. The highest BCUT2D eigenvalue weighted by Crippen LogP contribution is 2.48. The quantitative estimate of drug-likeness (QED) is 0.472. The fraction of sp³-hybridized carbons (Fsp3) is 0.211. The molecule has 1 saturated carbocycles. The van der Waals surface area contributed by atoms with Gasteiger partial charge in [-0.25, -0.2) is 8.78 Å². The number of benzene rings is 2. The minimum atomic E-state index is -0.601. The molecule has 8 heteroatoms. The van der Waals surface area contributed by atoms with Crippen LogP contribution in [0.5, 0.6) is 0 Å². The van der Waals surface area contributed by atoms with Crippen LogP contribution >= 0.6 is 23.1 Å². The number of aromatic nitrogens is 2. The number of amides is 1. The zero-order valence-corrected chi connectivity index (χ0v) is 15.7. The fourth-order valence-corrected chi connectivity index (χ4v) is 4.59. The Morgan fingerprint density at radius 2 is 2.00 bits per heavy atom. The minimum Gasteiger partial charge on any atom is -0.300 e. The Kier molecular flexibility index (Phi) is 5.18. The summed E-state index contributed by atoms with van der Waals surface area (Å²) in [7, 11) is 0. The smallest absolute Gasteiger partial charge is 0.229 e. The van der Waals surface area contributed by atoms with Crippen molar-refractivity contribution in [1.29, 1.82) is 0 Å². The lowest BCUT2D eigenvalue weighted by molar-refractivity contribution is -0.117. The highest BCUT2D eigenvalue weighted by Gasteiger charge is 2.44. The van der Waals surface area contributed by atoms with Gasteiger partial charge >= 0.3 is 0 Å². The van der Waals surface area contributed by atoms with Crippen LogP contribution in [0.25, 0.3) is 0 Å². The zero-order chi connectivity index (χ0) is 18.8. The van der Waals surface area contributed by atoms with E-state index in [1.54, 1.807) is 0 Å². The fourth-order valence-electron chi connectivity index (χ4n) is 2.85. The Morgan fingerprint density at radius 1 is 1.19 bits per heavy atom. The SMILES string of the molecule is O=C(Nc1nnc(SCc2ccc(F)cc2F)s1)[C@H]1C[C@H]1c1ccccc1. The number of hydrogen-bond acceptors (Lipinski definition) is 5. The van der Waals surface area contributed by atoms with E-state index < -0.39 is 11.6 Å². The van der Waals surface area contributed by atoms with Crippen molar-refractivity contribution in [2.24, 2.45) is 5.92 Å². The second-order valence-electron chi connectivity index (χ2n) is 6.25. The molecule has 2 aromatic carbocycles. The average Bonchev–Trinajstić information content (AvgIpc) is 3.36. The predicted molar refractivity (Wildman–Crippen MR) is 102 cm³/mol. The van der Waals surface area contributed by atoms with Crippen LogP contribution < -0.4 is 5.32 Å². The molecule has 0 radical (unpaired) electrons. The number of rotatable bonds is 6. The molecule has 138 valence electrons. The summed E-state index contributed by atoms with van der Waals surface area (Å²) in [6.45, 7) is 0. The molecule has 1 aromatic heterocycles. The maximum absolute atomic E-state index is 13.7. The zero-order valence-electron chi connectivity index (χ0n) is 14.1. The first kappa shape index (κ1) is 18.1. The highest BCUT2D eigenvalue weighted by atomic mass is 32.2. The number of carbonyl (C=O) groups excluding carboxylic acids is 1. The molecule has 0 saturated heterocycles. The second kappa shape index (κ2) is 7.74. The van der Waals surface area contributed by atoms with Crippen molar-refractivity contribution >= 4 is 34.1 Å². The summed E-state index contributed by atoms with van der Waals surface area (Å²) in [6.07, 6.45) is 0.833. The summed E-state index contributed by atoms with van der Waals surface area (Å²) in [4.78, 5) is 12.4. The van der Waals surface area contributed by atoms with Crippen molar-refractivity contribution in [3.63, 3.8) is 0 Å². The van der Waals surface area contributed by atoms with Crippen LogP contribution in [0.3, 0.4) is 0 Å². The van der Waals surface area contributed by atoms with Crippen molar-refractivity contribution in [2.45, 2.75) is 22.4 Å². The van der Waals surface area contributed by atoms with Gasteiger partial charge in [0.15, 0.2) is 4.34 Å². The maximum Gasteiger partial charge on any atom is 0.229 e. The Bertz CT molecular complexity index is 965. The van der Waals surface area contributed by atoms with Crippen LogP contribution in [0.15, 0.2) is 52.9 Å². The van der Waals surface area contributed by atoms with Crippen molar-refractivity contribution in [2.75, 3.05) is 5.32 Å². The van der Waals surface area contributed by atoms with Crippen LogP contribution in [-0.4, -0.2) is 16.1 Å². The summed E-state index contributed by atoms with van der Waals surface area (Å²) < 4.78 is 27.2. The van der Waals surface area contributed by atoms with Gasteiger partial charge in [0.2, 0.25) is 11.0 Å². The molecule has 4 nitrogen and oxygen atoms in total. The standard InChI is InChI=1S/C19H15F2N3OS2/c20-13-7-6-12(16(21)8-13)10-26-19-24-23-18(27-19)22-17(25)15-9-14(15)11-4-2-1-3-5-11/h1-8,14-15H,9-10H2,(H,22,23,25)/t14-,15-/m0/s1. The molecule has 1 heterocycles. The summed E-state index contributed by atoms with van der Waals surface area (Å²) in [5.41, 5.74) is 1.57. The van der Waals surface area contributed by atoms with E-state index in [1.165, 1.54) is 40.8 Å². The van der Waals surface area contributed by atoms with E-state index in [9.17, 15) is 13.6 Å². The number of carbonyl (C=O) groups is 1. The first-order chi connectivity index (χ1) is 13.1. The van der Waals surface area contributed by atoms with E-state index >= 15 is 0 Å². The van der Waals surface area contributed by atoms with Crippen LogP contribution in [0, 0.1) is 17.6 Å². The summed E-state index contributed by atoms with van der Waals surface area (Å²) in [6, 6.07) is 13.5. The van der Waals surface area contributed by atoms with Crippen LogP contribution in [0.1, 0.15) is 23.5 Å². The molecular formula is C19H15F2N3OS2. The molecule has 0 unspecified atom stereocenters. The molecular weight excluding hydrogens is 388 g/mol. The summed E-state index contributed by atoms with van der Waals surface area (Å²) in [5, 5.41) is 11.2. The lowest BCUT2D eigenvalue weighted by atomic mass is 10.1. The van der Waals surface area contributed by atoms with E-state index in [0.717, 1.165) is 12.5 Å². The first-order valence-corrected chi connectivity index (χ1v) is 10.2. The number of anilines is 1. The molecule has 1 fully saturated rings. The minimum absolute atomic E-state index is 0.0410. The molecule has 3 aromatic rings. The summed E-state index contributed by atoms with van der Waals surface area (Å²) >= 11 is 2.54. The van der Waals surface area contributed by atoms with Gasteiger partial charge in [0.05, 0.1) is 0 Å². The lowest BCUT2D eigenvalue weighted by Gasteiger charge is -2.01. The van der Waals surface area contributed by atoms with Gasteiger partial charge in [-0.2, -0.15) is 0 Å². The van der Waals surface area contributed by atoms with Crippen molar-refractivity contribution in [1.82, 2.24) is 10.2 Å². The molecule has 1 aliphatic carbocycles. The van der Waals surface area contributed by atoms with Gasteiger partial charge in [-0.3, -0.25) is 4.79 Å². The van der Waals surface area contributed by atoms with Gasteiger partial charge in [0.25, 0.3) is 0 Å². The van der Waals surface area contributed by atoms with Crippen molar-refractivity contribution in [3.8, 4) is 0 Å². The maximum atomic E-state index is 13.7. The highest BCUT2D eigenvalue weighted by molar-refractivity contribution is 8.00. The molecule has 0 aliphatic heterocycles. The van der Waals surface area contributed by atoms with Crippen LogP contribution in [0.2, 0.25) is 0 Å². The van der Waals surface area contributed by atoms with Crippen molar-refractivity contribution < 1.29 is 13.6 Å². The van der Waals surface area contributed by atoms with Crippen molar-refractivity contribution in [3.05, 3.63) is 71.3 Å². The van der Waals surface area contributed by atoms with E-state index in [4.69, 9.17) is 0 Å². The molecule has 4 rings (SSSR count). The third-order valence-corrected chi connectivity index (χ3v) is 6.38. The van der Waals surface area contributed by atoms with Gasteiger partial charge in [0.1, 0.15) is 11.6 Å². The monoisotopic (exact) mass is 403 g/mol. The van der Waals surface area contributed by atoms with E-state index in [-0.39, 0.29) is 17.7 Å². The molecule has 1 aliphatic rings. The third kappa shape index (κ3) is 4.33. The van der Waals surface area contributed by atoms with E-state index in [1.807, 2.05) is 30.3 Å². The molecule has 2 atom stereocenters. The number of halogens is 2. The average molecular weight is 403 g/mol. The second-order valence-corrected chi connectivity index (χ2v) is 8.45. The number of nitrogens with one attached hydrogen (secondary N) is 1. The van der Waals surface area contributed by atoms with Gasteiger partial charge in [-0.15, -0.1) is 10.2 Å². The van der Waals surface area contributed by atoms with Crippen LogP contribution in [-0.2, 0) is 10.5 Å². The Morgan fingerprint density at radius 3 is 2.78 bits per heavy atom. The molecule has 1 N–H and O–H groups in total. The largest absolute Gasteiger partial charge is 0.300 e. The Balaban J connectivity index is 1.31. The van der Waals surface area contributed by atoms with E-state index in [2.05, 4.69) is 15.5 Å². The topological polar surface area (TPSA) is 54.9 Å². The summed E-state index contributed by atoms with van der Waals surface area (Å²) in [5.74, 6) is -0.707. The van der Waals surface area contributed by atoms with Gasteiger partial charge in [-0.1, -0.05) is 59.5 Å². The van der Waals surface area contributed by atoms with Gasteiger partial charge < -0.3 is 5.32 Å². The molecule has 0 bridgehead atoms. The predicted octanol–water partition coefficient (Wildman–Crippen LogP) is 4.85. The van der Waals surface area contributed by atoms with Crippen LogP contribution in [0.4, 0.5) is 13.9 Å². The van der Waals surface area contributed by atoms with E-state index in [0.29, 0.717) is 20.8 Å². The number of thioether (sulfide) groups is 1. The molecule has 27 heavy (non-hydrogen) atoms. The van der Waals surface area contributed by atoms with Gasteiger partial charge in [0, 0.05) is 17.7 Å². The first-order valence-electron chi connectivity index (χ1n) is 8.36. The molecule has 0 spiro atoms.